The predicted molar refractivity (Wildman–Crippen MR) is 116 cm³/mol. The Morgan fingerprint density at radius 1 is 0.724 bits per heavy atom. The number of anilines is 2. The fourth-order valence-corrected chi connectivity index (χ4v) is 3.87. The molecule has 1 atom stereocenters. The van der Waals surface area contributed by atoms with Crippen LogP contribution in [0.3, 0.4) is 0 Å². The minimum atomic E-state index is -0.461. The lowest BCUT2D eigenvalue weighted by Crippen LogP contribution is -2.31. The van der Waals surface area contributed by atoms with Crippen molar-refractivity contribution in [3.05, 3.63) is 108 Å². The largest absolute Gasteiger partial charge is 0.440 e. The summed E-state index contributed by atoms with van der Waals surface area (Å²) in [5.74, 6) is 0. The minimum Gasteiger partial charge on any atom is -0.319 e. The summed E-state index contributed by atoms with van der Waals surface area (Å²) in [6.07, 6.45) is -0.897. The number of carbonyl (C=O) groups excluding carboxylic acids is 1. The number of carbonyl (C=O) groups is 1. The van der Waals surface area contributed by atoms with Crippen molar-refractivity contribution in [1.29, 1.82) is 0 Å². The molecule has 1 aliphatic rings. The van der Waals surface area contributed by atoms with Gasteiger partial charge >= 0.3 is 6.09 Å². The Morgan fingerprint density at radius 3 is 2.21 bits per heavy atom. The first-order valence-electron chi connectivity index (χ1n) is 9.31. The summed E-state index contributed by atoms with van der Waals surface area (Å²) < 4.78 is 0. The molecule has 4 nitrogen and oxygen atoms in total. The number of hydrogen-bond acceptors (Lipinski definition) is 3. The standard InChI is InChI=1S/C24H17ClN2O2/c25-18-13-15-19(16-14-18)26-23(22-12-6-8-17-7-4-5-11-21(17)22)27(29-24(26)28)20-9-2-1-3-10-20/h1-16,23H/t23-/m0/s1. The SMILES string of the molecule is O=C1ON(c2ccccc2)[C@@H](c2cccc3ccccc23)N1c1ccc(Cl)cc1. The van der Waals surface area contributed by atoms with Crippen LogP contribution in [0, 0.1) is 0 Å². The fraction of sp³-hybridized carbons (Fsp3) is 0.0417. The smallest absolute Gasteiger partial charge is 0.319 e. The lowest BCUT2D eigenvalue weighted by Gasteiger charge is -2.28. The third-order valence-corrected chi connectivity index (χ3v) is 5.31. The number of amides is 1. The van der Waals surface area contributed by atoms with E-state index in [9.17, 15) is 4.79 Å². The molecule has 4 aromatic carbocycles. The lowest BCUT2D eigenvalue weighted by atomic mass is 10.0. The van der Waals surface area contributed by atoms with Gasteiger partial charge in [-0.1, -0.05) is 72.3 Å². The Bertz CT molecular complexity index is 1170. The van der Waals surface area contributed by atoms with E-state index in [2.05, 4.69) is 18.2 Å². The molecule has 142 valence electrons. The molecule has 1 aliphatic heterocycles. The highest BCUT2D eigenvalue weighted by atomic mass is 35.5. The average Bonchev–Trinajstić information content (AvgIpc) is 3.11. The lowest BCUT2D eigenvalue weighted by molar-refractivity contribution is 0.164. The number of halogens is 1. The van der Waals surface area contributed by atoms with E-state index in [0.717, 1.165) is 27.7 Å². The first-order valence-corrected chi connectivity index (χ1v) is 9.69. The van der Waals surface area contributed by atoms with Crippen molar-refractivity contribution >= 4 is 39.8 Å². The molecule has 0 saturated carbocycles. The Hall–Kier alpha value is -3.50. The molecule has 0 aliphatic carbocycles. The van der Waals surface area contributed by atoms with E-state index in [1.807, 2.05) is 66.7 Å². The van der Waals surface area contributed by atoms with Crippen LogP contribution in [0.25, 0.3) is 10.8 Å². The van der Waals surface area contributed by atoms with Gasteiger partial charge in [0.2, 0.25) is 0 Å². The topological polar surface area (TPSA) is 32.8 Å². The summed E-state index contributed by atoms with van der Waals surface area (Å²) in [4.78, 5) is 20.4. The zero-order valence-corrected chi connectivity index (χ0v) is 16.2. The molecule has 0 spiro atoms. The quantitative estimate of drug-likeness (QED) is 0.390. The van der Waals surface area contributed by atoms with Gasteiger partial charge in [-0.05, 0) is 47.2 Å². The van der Waals surface area contributed by atoms with E-state index in [0.29, 0.717) is 5.02 Å². The molecule has 1 saturated heterocycles. The first kappa shape index (κ1) is 17.6. The molecule has 0 N–H and O–H groups in total. The molecule has 1 fully saturated rings. The molecule has 1 amide bonds. The van der Waals surface area contributed by atoms with Crippen LogP contribution >= 0.6 is 11.6 Å². The van der Waals surface area contributed by atoms with Gasteiger partial charge in [0.15, 0.2) is 6.17 Å². The molecule has 0 radical (unpaired) electrons. The summed E-state index contributed by atoms with van der Waals surface area (Å²) in [6, 6.07) is 31.1. The van der Waals surface area contributed by atoms with Crippen molar-refractivity contribution in [2.45, 2.75) is 6.17 Å². The highest BCUT2D eigenvalue weighted by molar-refractivity contribution is 6.30. The van der Waals surface area contributed by atoms with Crippen LogP contribution < -0.4 is 9.96 Å². The van der Waals surface area contributed by atoms with Crippen LogP contribution in [0.2, 0.25) is 5.02 Å². The van der Waals surface area contributed by atoms with Crippen LogP contribution in [0.4, 0.5) is 16.2 Å². The zero-order chi connectivity index (χ0) is 19.8. The van der Waals surface area contributed by atoms with E-state index < -0.39 is 12.3 Å². The second kappa shape index (κ2) is 7.15. The molecular formula is C24H17ClN2O2. The van der Waals surface area contributed by atoms with E-state index in [1.165, 1.54) is 0 Å². The van der Waals surface area contributed by atoms with Crippen LogP contribution in [-0.4, -0.2) is 6.09 Å². The summed E-state index contributed by atoms with van der Waals surface area (Å²) in [5.41, 5.74) is 2.50. The number of para-hydroxylation sites is 1. The average molecular weight is 401 g/mol. The third kappa shape index (κ3) is 3.08. The maximum Gasteiger partial charge on any atom is 0.440 e. The molecule has 0 unspecified atom stereocenters. The van der Waals surface area contributed by atoms with E-state index >= 15 is 0 Å². The molecule has 5 rings (SSSR count). The first-order chi connectivity index (χ1) is 14.2. The van der Waals surface area contributed by atoms with Crippen molar-refractivity contribution in [3.63, 3.8) is 0 Å². The fourth-order valence-electron chi connectivity index (χ4n) is 3.74. The number of hydrogen-bond donors (Lipinski definition) is 0. The highest BCUT2D eigenvalue weighted by Crippen LogP contribution is 2.41. The summed E-state index contributed by atoms with van der Waals surface area (Å²) in [6.45, 7) is 0. The normalized spacial score (nSPS) is 16.3. The molecule has 0 bridgehead atoms. The van der Waals surface area contributed by atoms with Crippen molar-refractivity contribution in [2.24, 2.45) is 0 Å². The van der Waals surface area contributed by atoms with Crippen LogP contribution in [-0.2, 0) is 4.84 Å². The number of fused-ring (bicyclic) bond motifs is 1. The van der Waals surface area contributed by atoms with Crippen molar-refractivity contribution < 1.29 is 9.63 Å². The summed E-state index contributed by atoms with van der Waals surface area (Å²) in [7, 11) is 0. The van der Waals surface area contributed by atoms with Gasteiger partial charge in [0.05, 0.1) is 5.69 Å². The van der Waals surface area contributed by atoms with Gasteiger partial charge in [-0.2, -0.15) is 5.06 Å². The summed E-state index contributed by atoms with van der Waals surface area (Å²) >= 11 is 6.07. The Labute approximate surface area is 173 Å². The van der Waals surface area contributed by atoms with Crippen LogP contribution in [0.15, 0.2) is 97.1 Å². The third-order valence-electron chi connectivity index (χ3n) is 5.06. The monoisotopic (exact) mass is 400 g/mol. The van der Waals surface area contributed by atoms with Gasteiger partial charge < -0.3 is 4.84 Å². The van der Waals surface area contributed by atoms with Crippen molar-refractivity contribution in [2.75, 3.05) is 9.96 Å². The van der Waals surface area contributed by atoms with Crippen molar-refractivity contribution in [1.82, 2.24) is 0 Å². The van der Waals surface area contributed by atoms with Gasteiger partial charge in [-0.3, -0.25) is 0 Å². The second-order valence-electron chi connectivity index (χ2n) is 6.81. The van der Waals surface area contributed by atoms with Crippen LogP contribution in [0.1, 0.15) is 11.7 Å². The van der Waals surface area contributed by atoms with Crippen LogP contribution in [0.5, 0.6) is 0 Å². The van der Waals surface area contributed by atoms with E-state index in [4.69, 9.17) is 16.4 Å². The molecule has 1 heterocycles. The zero-order valence-electron chi connectivity index (χ0n) is 15.4. The minimum absolute atomic E-state index is 0.436. The molecule has 5 heteroatoms. The Morgan fingerprint density at radius 2 is 1.41 bits per heavy atom. The molecule has 0 aromatic heterocycles. The highest BCUT2D eigenvalue weighted by Gasteiger charge is 2.43. The van der Waals surface area contributed by atoms with Crippen molar-refractivity contribution in [3.8, 4) is 0 Å². The summed E-state index contributed by atoms with van der Waals surface area (Å²) in [5, 5.41) is 4.45. The van der Waals surface area contributed by atoms with E-state index in [-0.39, 0.29) is 0 Å². The van der Waals surface area contributed by atoms with E-state index in [1.54, 1.807) is 22.1 Å². The van der Waals surface area contributed by atoms with Gasteiger partial charge in [0, 0.05) is 16.3 Å². The maximum atomic E-state index is 13.0. The number of nitrogens with zero attached hydrogens (tertiary/aromatic N) is 2. The van der Waals surface area contributed by atoms with Gasteiger partial charge in [0.25, 0.3) is 0 Å². The number of hydroxylamine groups is 1. The molecular weight excluding hydrogens is 384 g/mol. The number of benzene rings is 4. The van der Waals surface area contributed by atoms with Gasteiger partial charge in [-0.25, -0.2) is 9.69 Å². The Balaban J connectivity index is 1.72. The second-order valence-corrected chi connectivity index (χ2v) is 7.24. The van der Waals surface area contributed by atoms with Gasteiger partial charge in [-0.15, -0.1) is 0 Å². The predicted octanol–water partition coefficient (Wildman–Crippen LogP) is 6.57. The number of rotatable bonds is 3. The molecule has 4 aromatic rings. The molecule has 29 heavy (non-hydrogen) atoms. The maximum absolute atomic E-state index is 13.0. The van der Waals surface area contributed by atoms with Gasteiger partial charge in [0.1, 0.15) is 0 Å². The Kier molecular flexibility index (Phi) is 4.34.